The number of nitrogens with one attached hydrogen (secondary N) is 1. The van der Waals surface area contributed by atoms with Gasteiger partial charge in [0.15, 0.2) is 5.75 Å². The second-order valence-electron chi connectivity index (χ2n) is 6.06. The topological polar surface area (TPSA) is 59.9 Å². The van der Waals surface area contributed by atoms with Crippen LogP contribution in [0.2, 0.25) is 0 Å². The lowest BCUT2D eigenvalue weighted by molar-refractivity contribution is 0.417. The van der Waals surface area contributed by atoms with Gasteiger partial charge in [-0.15, -0.1) is 0 Å². The molecule has 0 amide bonds. The van der Waals surface area contributed by atoms with Gasteiger partial charge in [0.05, 0.1) is 5.69 Å². The van der Waals surface area contributed by atoms with Gasteiger partial charge in [0, 0.05) is 35.7 Å². The van der Waals surface area contributed by atoms with E-state index in [0.29, 0.717) is 11.8 Å². The fourth-order valence-electron chi connectivity index (χ4n) is 1.73. The minimum absolute atomic E-state index is 0.0639. The summed E-state index contributed by atoms with van der Waals surface area (Å²) in [7, 11) is 0. The maximum absolute atomic E-state index is 5.69. The van der Waals surface area contributed by atoms with Gasteiger partial charge in [-0.1, -0.05) is 0 Å². The monoisotopic (exact) mass is 286 g/mol. The van der Waals surface area contributed by atoms with Crippen molar-refractivity contribution < 1.29 is 4.74 Å². The van der Waals surface area contributed by atoms with Gasteiger partial charge in [-0.2, -0.15) is 4.98 Å². The highest BCUT2D eigenvalue weighted by atomic mass is 16.5. The lowest BCUT2D eigenvalue weighted by atomic mass is 10.1. The second kappa shape index (κ2) is 6.18. The summed E-state index contributed by atoms with van der Waals surface area (Å²) < 4.78 is 5.69. The Morgan fingerprint density at radius 1 is 1.14 bits per heavy atom. The number of ether oxygens (including phenoxy) is 1. The molecule has 0 aliphatic heterocycles. The van der Waals surface area contributed by atoms with Crippen molar-refractivity contribution in [2.75, 3.05) is 0 Å². The number of aromatic nitrogens is 3. The SMILES string of the molecule is Cc1nc(Oc2cccnc2C)ncc1CNC(C)(C)C. The first-order valence-electron chi connectivity index (χ1n) is 7.02. The van der Waals surface area contributed by atoms with Crippen LogP contribution in [0.1, 0.15) is 37.7 Å². The maximum Gasteiger partial charge on any atom is 0.322 e. The Morgan fingerprint density at radius 2 is 1.90 bits per heavy atom. The maximum atomic E-state index is 5.69. The van der Waals surface area contributed by atoms with E-state index in [1.165, 1.54) is 0 Å². The van der Waals surface area contributed by atoms with Gasteiger partial charge < -0.3 is 10.1 Å². The highest BCUT2D eigenvalue weighted by Crippen LogP contribution is 2.20. The number of nitrogens with zero attached hydrogens (tertiary/aromatic N) is 3. The van der Waals surface area contributed by atoms with Gasteiger partial charge in [-0.25, -0.2) is 4.98 Å². The van der Waals surface area contributed by atoms with E-state index in [-0.39, 0.29) is 5.54 Å². The fourth-order valence-corrected chi connectivity index (χ4v) is 1.73. The Morgan fingerprint density at radius 3 is 2.52 bits per heavy atom. The van der Waals surface area contributed by atoms with Crippen molar-refractivity contribution in [1.82, 2.24) is 20.3 Å². The molecule has 0 aromatic carbocycles. The molecule has 5 heteroatoms. The Bertz CT molecular complexity index is 620. The average Bonchev–Trinajstić information content (AvgIpc) is 2.39. The Hall–Kier alpha value is -2.01. The summed E-state index contributed by atoms with van der Waals surface area (Å²) in [6, 6.07) is 4.04. The molecule has 2 aromatic heterocycles. The van der Waals surface area contributed by atoms with Crippen molar-refractivity contribution in [2.45, 2.75) is 46.7 Å². The molecule has 0 aliphatic carbocycles. The van der Waals surface area contributed by atoms with Crippen LogP contribution in [0.4, 0.5) is 0 Å². The molecule has 21 heavy (non-hydrogen) atoms. The predicted molar refractivity (Wildman–Crippen MR) is 82.4 cm³/mol. The van der Waals surface area contributed by atoms with E-state index < -0.39 is 0 Å². The molecule has 2 aromatic rings. The zero-order valence-corrected chi connectivity index (χ0v) is 13.3. The standard InChI is InChI=1S/C16H22N4O/c1-11-13(10-19-16(3,4)5)9-18-15(20-11)21-14-7-6-8-17-12(14)2/h6-9,19H,10H2,1-5H3. The van der Waals surface area contributed by atoms with Crippen LogP contribution in [0.5, 0.6) is 11.8 Å². The third-order valence-corrected chi connectivity index (χ3v) is 3.03. The van der Waals surface area contributed by atoms with Crippen molar-refractivity contribution in [3.8, 4) is 11.8 Å². The minimum Gasteiger partial charge on any atom is -0.422 e. The van der Waals surface area contributed by atoms with Gasteiger partial charge in [0.2, 0.25) is 0 Å². The number of pyridine rings is 1. The van der Waals surface area contributed by atoms with Gasteiger partial charge in [0.1, 0.15) is 0 Å². The lowest BCUT2D eigenvalue weighted by Crippen LogP contribution is -2.35. The Balaban J connectivity index is 2.10. The summed E-state index contributed by atoms with van der Waals surface area (Å²) in [5.74, 6) is 0.678. The largest absolute Gasteiger partial charge is 0.422 e. The van der Waals surface area contributed by atoms with Crippen molar-refractivity contribution in [3.63, 3.8) is 0 Å². The summed E-state index contributed by atoms with van der Waals surface area (Å²) in [4.78, 5) is 12.9. The van der Waals surface area contributed by atoms with Crippen LogP contribution in [-0.4, -0.2) is 20.5 Å². The molecule has 0 unspecified atom stereocenters. The van der Waals surface area contributed by atoms with E-state index in [0.717, 1.165) is 23.5 Å². The first-order chi connectivity index (χ1) is 9.85. The molecule has 2 rings (SSSR count). The van der Waals surface area contributed by atoms with Gasteiger partial charge in [-0.05, 0) is 46.8 Å². The zero-order valence-electron chi connectivity index (χ0n) is 13.3. The smallest absolute Gasteiger partial charge is 0.322 e. The van der Waals surface area contributed by atoms with E-state index in [1.54, 1.807) is 6.20 Å². The molecule has 0 bridgehead atoms. The normalized spacial score (nSPS) is 11.5. The van der Waals surface area contributed by atoms with Gasteiger partial charge >= 0.3 is 6.01 Å². The molecule has 0 saturated heterocycles. The van der Waals surface area contributed by atoms with Crippen LogP contribution in [0.15, 0.2) is 24.5 Å². The van der Waals surface area contributed by atoms with Crippen molar-refractivity contribution in [1.29, 1.82) is 0 Å². The molecule has 0 fully saturated rings. The van der Waals surface area contributed by atoms with E-state index in [2.05, 4.69) is 41.0 Å². The summed E-state index contributed by atoms with van der Waals surface area (Å²) >= 11 is 0. The summed E-state index contributed by atoms with van der Waals surface area (Å²) in [6.45, 7) is 11.0. The predicted octanol–water partition coefficient (Wildman–Crippen LogP) is 3.17. The van der Waals surface area contributed by atoms with Crippen LogP contribution in [0.25, 0.3) is 0 Å². The van der Waals surface area contributed by atoms with E-state index in [9.17, 15) is 0 Å². The molecule has 0 saturated carbocycles. The third kappa shape index (κ3) is 4.49. The Kier molecular flexibility index (Phi) is 4.53. The fraction of sp³-hybridized carbons (Fsp3) is 0.438. The molecule has 0 atom stereocenters. The third-order valence-electron chi connectivity index (χ3n) is 3.03. The number of rotatable bonds is 4. The molecule has 0 aliphatic rings. The molecule has 1 N–H and O–H groups in total. The average molecular weight is 286 g/mol. The van der Waals surface area contributed by atoms with Gasteiger partial charge in [-0.3, -0.25) is 4.98 Å². The highest BCUT2D eigenvalue weighted by molar-refractivity contribution is 5.29. The number of aryl methyl sites for hydroxylation is 2. The first kappa shape index (κ1) is 15.4. The molecular formula is C16H22N4O. The first-order valence-corrected chi connectivity index (χ1v) is 7.02. The van der Waals surface area contributed by atoms with Crippen molar-refractivity contribution >= 4 is 0 Å². The van der Waals surface area contributed by atoms with Crippen molar-refractivity contribution in [2.24, 2.45) is 0 Å². The summed E-state index contributed by atoms with van der Waals surface area (Å²) in [6.07, 6.45) is 3.54. The van der Waals surface area contributed by atoms with Crippen LogP contribution >= 0.6 is 0 Å². The van der Waals surface area contributed by atoms with Crippen LogP contribution in [0.3, 0.4) is 0 Å². The molecule has 0 radical (unpaired) electrons. The Labute approximate surface area is 125 Å². The molecule has 0 spiro atoms. The highest BCUT2D eigenvalue weighted by Gasteiger charge is 2.11. The van der Waals surface area contributed by atoms with Crippen molar-refractivity contribution in [3.05, 3.63) is 41.5 Å². The summed E-state index contributed by atoms with van der Waals surface area (Å²) in [5.41, 5.74) is 2.87. The van der Waals surface area contributed by atoms with Crippen LogP contribution < -0.4 is 10.1 Å². The summed E-state index contributed by atoms with van der Waals surface area (Å²) in [5, 5.41) is 3.43. The number of hydrogen-bond acceptors (Lipinski definition) is 5. The van der Waals surface area contributed by atoms with Crippen LogP contribution in [-0.2, 0) is 6.54 Å². The van der Waals surface area contributed by atoms with E-state index >= 15 is 0 Å². The number of hydrogen-bond donors (Lipinski definition) is 1. The molecular weight excluding hydrogens is 264 g/mol. The zero-order chi connectivity index (χ0) is 15.5. The molecule has 5 nitrogen and oxygen atoms in total. The van der Waals surface area contributed by atoms with Crippen LogP contribution in [0, 0.1) is 13.8 Å². The second-order valence-corrected chi connectivity index (χ2v) is 6.06. The van der Waals surface area contributed by atoms with E-state index in [4.69, 9.17) is 4.74 Å². The van der Waals surface area contributed by atoms with Gasteiger partial charge in [0.25, 0.3) is 0 Å². The quantitative estimate of drug-likeness (QED) is 0.935. The molecule has 2 heterocycles. The molecule has 112 valence electrons. The van der Waals surface area contributed by atoms with E-state index in [1.807, 2.05) is 32.2 Å². The minimum atomic E-state index is 0.0639. The lowest BCUT2D eigenvalue weighted by Gasteiger charge is -2.21.